The van der Waals surface area contributed by atoms with E-state index in [2.05, 4.69) is 0 Å². The number of alkyl halides is 2. The normalized spacial score (nSPS) is 10.7. The van der Waals surface area contributed by atoms with Crippen molar-refractivity contribution in [2.75, 3.05) is 19.7 Å². The summed E-state index contributed by atoms with van der Waals surface area (Å²) in [6.45, 7) is 0.834. The molecule has 0 saturated carbocycles. The van der Waals surface area contributed by atoms with Crippen molar-refractivity contribution >= 4 is 5.91 Å². The number of halogens is 2. The van der Waals surface area contributed by atoms with Crippen LogP contribution in [0.5, 0.6) is 0 Å². The first-order chi connectivity index (χ1) is 8.60. The average Bonchev–Trinajstić information content (AvgIpc) is 2.37. The van der Waals surface area contributed by atoms with Gasteiger partial charge in [0.05, 0.1) is 13.2 Å². The van der Waals surface area contributed by atoms with Crippen LogP contribution in [0.4, 0.5) is 8.78 Å². The van der Waals surface area contributed by atoms with Gasteiger partial charge in [0.1, 0.15) is 0 Å². The van der Waals surface area contributed by atoms with Crippen LogP contribution in [0, 0.1) is 0 Å². The summed E-state index contributed by atoms with van der Waals surface area (Å²) < 4.78 is 24.8. The van der Waals surface area contributed by atoms with E-state index in [4.69, 9.17) is 5.11 Å². The van der Waals surface area contributed by atoms with Gasteiger partial charge < -0.3 is 10.0 Å². The standard InChI is InChI=1S/C13H17F2NO2/c1-2-10-5-3-4-6-11(10)13(18)16(7-8-17)9-12(14)15/h3-6,12,17H,2,7-9H2,1H3. The number of amides is 1. The predicted molar refractivity (Wildman–Crippen MR) is 64.8 cm³/mol. The monoisotopic (exact) mass is 257 g/mol. The van der Waals surface area contributed by atoms with Crippen molar-refractivity contribution in [1.82, 2.24) is 4.90 Å². The Morgan fingerprint density at radius 3 is 2.61 bits per heavy atom. The molecule has 3 nitrogen and oxygen atoms in total. The van der Waals surface area contributed by atoms with Crippen molar-refractivity contribution < 1.29 is 18.7 Å². The van der Waals surface area contributed by atoms with Gasteiger partial charge in [0.25, 0.3) is 12.3 Å². The third-order valence-electron chi connectivity index (χ3n) is 2.64. The number of aliphatic hydroxyl groups is 1. The van der Waals surface area contributed by atoms with E-state index in [-0.39, 0.29) is 13.2 Å². The zero-order chi connectivity index (χ0) is 13.5. The van der Waals surface area contributed by atoms with E-state index in [0.717, 1.165) is 10.5 Å². The second kappa shape index (κ2) is 7.06. The summed E-state index contributed by atoms with van der Waals surface area (Å²) >= 11 is 0. The van der Waals surface area contributed by atoms with Crippen LogP contribution in [0.15, 0.2) is 24.3 Å². The molecule has 0 saturated heterocycles. The van der Waals surface area contributed by atoms with Crippen LogP contribution in [0.25, 0.3) is 0 Å². The number of rotatable bonds is 6. The van der Waals surface area contributed by atoms with Gasteiger partial charge in [-0.2, -0.15) is 0 Å². The summed E-state index contributed by atoms with van der Waals surface area (Å²) in [5.41, 5.74) is 1.24. The smallest absolute Gasteiger partial charge is 0.255 e. The number of aryl methyl sites for hydroxylation is 1. The molecule has 0 radical (unpaired) electrons. The molecule has 0 aliphatic carbocycles. The number of nitrogens with zero attached hydrogens (tertiary/aromatic N) is 1. The Morgan fingerprint density at radius 2 is 2.06 bits per heavy atom. The van der Waals surface area contributed by atoms with Crippen LogP contribution in [-0.4, -0.2) is 42.0 Å². The summed E-state index contributed by atoms with van der Waals surface area (Å²) in [5.74, 6) is -0.457. The first-order valence-electron chi connectivity index (χ1n) is 5.86. The molecule has 0 aliphatic rings. The van der Waals surface area contributed by atoms with E-state index in [9.17, 15) is 13.6 Å². The molecule has 1 rings (SSSR count). The fraction of sp³-hybridized carbons (Fsp3) is 0.462. The van der Waals surface area contributed by atoms with Gasteiger partial charge in [-0.05, 0) is 18.1 Å². The molecule has 0 aromatic heterocycles. The summed E-state index contributed by atoms with van der Waals surface area (Å²) in [6, 6.07) is 6.93. The van der Waals surface area contributed by atoms with Gasteiger partial charge in [-0.1, -0.05) is 25.1 Å². The van der Waals surface area contributed by atoms with Gasteiger partial charge in [-0.25, -0.2) is 8.78 Å². The van der Waals surface area contributed by atoms with Gasteiger partial charge in [0.2, 0.25) is 0 Å². The highest BCUT2D eigenvalue weighted by Crippen LogP contribution is 2.13. The molecule has 1 N–H and O–H groups in total. The molecule has 5 heteroatoms. The summed E-state index contributed by atoms with van der Waals surface area (Å²) in [7, 11) is 0. The largest absolute Gasteiger partial charge is 0.395 e. The maximum Gasteiger partial charge on any atom is 0.255 e. The molecule has 1 aromatic rings. The highest BCUT2D eigenvalue weighted by molar-refractivity contribution is 5.95. The zero-order valence-corrected chi connectivity index (χ0v) is 10.3. The lowest BCUT2D eigenvalue weighted by molar-refractivity contribution is 0.0508. The third kappa shape index (κ3) is 3.77. The molecule has 1 aromatic carbocycles. The quantitative estimate of drug-likeness (QED) is 0.846. The molecule has 0 fully saturated rings. The zero-order valence-electron chi connectivity index (χ0n) is 10.3. The highest BCUT2D eigenvalue weighted by Gasteiger charge is 2.20. The number of hydrogen-bond donors (Lipinski definition) is 1. The average molecular weight is 257 g/mol. The Balaban J connectivity index is 2.94. The number of hydrogen-bond acceptors (Lipinski definition) is 2. The third-order valence-corrected chi connectivity index (χ3v) is 2.64. The van der Waals surface area contributed by atoms with Crippen molar-refractivity contribution in [3.05, 3.63) is 35.4 Å². The fourth-order valence-corrected chi connectivity index (χ4v) is 1.77. The summed E-state index contributed by atoms with van der Waals surface area (Å²) in [4.78, 5) is 13.1. The highest BCUT2D eigenvalue weighted by atomic mass is 19.3. The van der Waals surface area contributed by atoms with Crippen LogP contribution in [0.1, 0.15) is 22.8 Å². The second-order valence-corrected chi connectivity index (χ2v) is 3.88. The van der Waals surface area contributed by atoms with Gasteiger partial charge in [0.15, 0.2) is 0 Å². The number of carbonyl (C=O) groups is 1. The molecule has 0 unspecified atom stereocenters. The lowest BCUT2D eigenvalue weighted by atomic mass is 10.0. The molecule has 0 spiro atoms. The number of aliphatic hydroxyl groups excluding tert-OH is 1. The molecule has 0 bridgehead atoms. The maximum absolute atomic E-state index is 12.4. The SMILES string of the molecule is CCc1ccccc1C(=O)N(CCO)CC(F)F. The minimum atomic E-state index is -2.60. The first-order valence-corrected chi connectivity index (χ1v) is 5.86. The molecule has 0 heterocycles. The lowest BCUT2D eigenvalue weighted by Gasteiger charge is -2.22. The van der Waals surface area contributed by atoms with Crippen LogP contribution in [0.3, 0.4) is 0 Å². The van der Waals surface area contributed by atoms with E-state index >= 15 is 0 Å². The minimum absolute atomic E-state index is 0.0821. The Labute approximate surface area is 105 Å². The Hall–Kier alpha value is -1.49. The van der Waals surface area contributed by atoms with Crippen molar-refractivity contribution in [2.45, 2.75) is 19.8 Å². The van der Waals surface area contributed by atoms with Gasteiger partial charge >= 0.3 is 0 Å². The first kappa shape index (κ1) is 14.6. The summed E-state index contributed by atoms with van der Waals surface area (Å²) in [5, 5.41) is 8.83. The van der Waals surface area contributed by atoms with Crippen LogP contribution in [-0.2, 0) is 6.42 Å². The molecule has 100 valence electrons. The van der Waals surface area contributed by atoms with Crippen molar-refractivity contribution in [3.63, 3.8) is 0 Å². The van der Waals surface area contributed by atoms with Crippen LogP contribution >= 0.6 is 0 Å². The van der Waals surface area contributed by atoms with E-state index in [1.807, 2.05) is 6.92 Å². The molecular formula is C13H17F2NO2. The summed E-state index contributed by atoms with van der Waals surface area (Å²) in [6.07, 6.45) is -1.95. The maximum atomic E-state index is 12.4. The van der Waals surface area contributed by atoms with Crippen molar-refractivity contribution in [3.8, 4) is 0 Å². The molecule has 18 heavy (non-hydrogen) atoms. The van der Waals surface area contributed by atoms with Gasteiger partial charge in [0, 0.05) is 12.1 Å². The Kier molecular flexibility index (Phi) is 5.71. The van der Waals surface area contributed by atoms with Crippen molar-refractivity contribution in [1.29, 1.82) is 0 Å². The number of carbonyl (C=O) groups excluding carboxylic acids is 1. The molecular weight excluding hydrogens is 240 g/mol. The lowest BCUT2D eigenvalue weighted by Crippen LogP contribution is -2.37. The van der Waals surface area contributed by atoms with Crippen LogP contribution in [0.2, 0.25) is 0 Å². The molecule has 0 aliphatic heterocycles. The van der Waals surface area contributed by atoms with Crippen molar-refractivity contribution in [2.24, 2.45) is 0 Å². The molecule has 0 atom stereocenters. The van der Waals surface area contributed by atoms with Gasteiger partial charge in [-0.3, -0.25) is 4.79 Å². The molecule has 1 amide bonds. The van der Waals surface area contributed by atoms with E-state index < -0.39 is 18.9 Å². The fourth-order valence-electron chi connectivity index (χ4n) is 1.77. The van der Waals surface area contributed by atoms with E-state index in [1.54, 1.807) is 24.3 Å². The van der Waals surface area contributed by atoms with Crippen LogP contribution < -0.4 is 0 Å². The van der Waals surface area contributed by atoms with E-state index in [1.165, 1.54) is 0 Å². The minimum Gasteiger partial charge on any atom is -0.395 e. The topological polar surface area (TPSA) is 40.5 Å². The van der Waals surface area contributed by atoms with E-state index in [0.29, 0.717) is 12.0 Å². The Bertz CT molecular complexity index is 396. The van der Waals surface area contributed by atoms with Gasteiger partial charge in [-0.15, -0.1) is 0 Å². The number of benzene rings is 1. The Morgan fingerprint density at radius 1 is 1.39 bits per heavy atom. The second-order valence-electron chi connectivity index (χ2n) is 3.88. The predicted octanol–water partition coefficient (Wildman–Crippen LogP) is 1.95.